The summed E-state index contributed by atoms with van der Waals surface area (Å²) >= 11 is 0. The van der Waals surface area contributed by atoms with Gasteiger partial charge in [0.05, 0.1) is 22.1 Å². The molecule has 4 saturated carbocycles. The third kappa shape index (κ3) is 4.79. The summed E-state index contributed by atoms with van der Waals surface area (Å²) in [4.78, 5) is 2.44. The highest BCUT2D eigenvalue weighted by Gasteiger charge is 2.76. The van der Waals surface area contributed by atoms with Gasteiger partial charge >= 0.3 is 0 Å². The molecule has 16 rings (SSSR count). The van der Waals surface area contributed by atoms with Gasteiger partial charge < -0.3 is 14.0 Å². The van der Waals surface area contributed by atoms with Crippen LogP contribution in [0.15, 0.2) is 212 Å². The second-order valence-electron chi connectivity index (χ2n) is 21.0. The maximum atomic E-state index is 2.57. The second kappa shape index (κ2) is 13.5. The Hall–Kier alpha value is -7.62. The van der Waals surface area contributed by atoms with Gasteiger partial charge in [0.1, 0.15) is 0 Å². The Morgan fingerprint density at radius 3 is 1.65 bits per heavy atom. The second-order valence-corrected chi connectivity index (χ2v) is 21.0. The summed E-state index contributed by atoms with van der Waals surface area (Å²) < 4.78 is 4.82. The number of hydrogen-bond acceptors (Lipinski definition) is 1. The van der Waals surface area contributed by atoms with Crippen LogP contribution >= 0.6 is 0 Å². The minimum Gasteiger partial charge on any atom is -0.310 e. The van der Waals surface area contributed by atoms with E-state index in [1.165, 1.54) is 98.0 Å². The van der Waals surface area contributed by atoms with Crippen molar-refractivity contribution in [2.24, 2.45) is 29.1 Å². The van der Waals surface area contributed by atoms with Crippen LogP contribution in [-0.2, 0) is 5.41 Å². The summed E-state index contributed by atoms with van der Waals surface area (Å²) in [6, 6.07) is 79.8. The molecule has 9 aromatic carbocycles. The molecule has 3 bridgehead atoms. The summed E-state index contributed by atoms with van der Waals surface area (Å²) in [6.45, 7) is 0. The van der Waals surface area contributed by atoms with E-state index in [1.54, 1.807) is 11.1 Å². The van der Waals surface area contributed by atoms with Gasteiger partial charge in [-0.2, -0.15) is 0 Å². The van der Waals surface area contributed by atoms with E-state index in [9.17, 15) is 0 Å². The van der Waals surface area contributed by atoms with E-state index < -0.39 is 0 Å². The summed E-state index contributed by atoms with van der Waals surface area (Å²) in [5.74, 6) is 3.51. The van der Waals surface area contributed by atoms with Crippen molar-refractivity contribution in [2.75, 3.05) is 4.90 Å². The van der Waals surface area contributed by atoms with Crippen LogP contribution in [0.1, 0.15) is 43.2 Å². The predicted octanol–water partition coefficient (Wildman–Crippen LogP) is 16.7. The minimum atomic E-state index is 0.199. The molecule has 3 nitrogen and oxygen atoms in total. The van der Waals surface area contributed by atoms with Crippen LogP contribution < -0.4 is 4.90 Å². The third-order valence-electron chi connectivity index (χ3n) is 18.2. The zero-order valence-corrected chi connectivity index (χ0v) is 37.9. The first-order valence-corrected chi connectivity index (χ1v) is 25.0. The molecule has 5 aliphatic carbocycles. The van der Waals surface area contributed by atoms with Crippen LogP contribution in [0.4, 0.5) is 17.1 Å². The lowest BCUT2D eigenvalue weighted by Gasteiger charge is -2.54. The molecule has 4 fully saturated rings. The zero-order chi connectivity index (χ0) is 44.3. The summed E-state index contributed by atoms with van der Waals surface area (Å²) in [7, 11) is 0. The fraction of sp³-hybridized carbons (Fsp3) is 0.169. The van der Waals surface area contributed by atoms with Gasteiger partial charge in [0, 0.05) is 55.4 Å². The highest BCUT2D eigenvalue weighted by Crippen LogP contribution is 2.83. The fourth-order valence-corrected chi connectivity index (χ4v) is 15.8. The number of para-hydroxylation sites is 4. The molecule has 2 aromatic heterocycles. The topological polar surface area (TPSA) is 13.1 Å². The third-order valence-corrected chi connectivity index (χ3v) is 18.2. The van der Waals surface area contributed by atoms with Crippen LogP contribution in [0.5, 0.6) is 0 Å². The van der Waals surface area contributed by atoms with Gasteiger partial charge in [-0.15, -0.1) is 0 Å². The van der Waals surface area contributed by atoms with E-state index in [0.29, 0.717) is 5.41 Å². The van der Waals surface area contributed by atoms with E-state index in [1.807, 2.05) is 0 Å². The van der Waals surface area contributed by atoms with E-state index in [0.717, 1.165) is 52.1 Å². The first-order valence-electron chi connectivity index (χ1n) is 25.0. The molecule has 2 spiro atoms. The Bertz CT molecular complexity index is 3820. The van der Waals surface area contributed by atoms with E-state index in [4.69, 9.17) is 0 Å². The van der Waals surface area contributed by atoms with Gasteiger partial charge in [0.2, 0.25) is 0 Å². The molecule has 324 valence electrons. The van der Waals surface area contributed by atoms with E-state index in [2.05, 4.69) is 226 Å². The Kier molecular flexibility index (Phi) is 7.45. The smallest absolute Gasteiger partial charge is 0.0561 e. The van der Waals surface area contributed by atoms with Crippen LogP contribution in [-0.4, -0.2) is 9.13 Å². The molecule has 0 radical (unpaired) electrons. The van der Waals surface area contributed by atoms with Crippen molar-refractivity contribution >= 4 is 60.7 Å². The number of nitrogens with zero attached hydrogens (tertiary/aromatic N) is 3. The standard InChI is InChI=1S/C65H49N3/c1-2-12-46(13-3-1)68-61-21-11-7-17-54(61)55-32-31-50(38-62(55)68)66(48-27-29-49(30-28-48)67-59-19-9-5-15-52(59)53-16-6-10-20-60(53)67)47-25-22-42(23-26-47)43-24-33-58-56(36-43)51-14-4-8-18-57(51)65(58)45-35-41-34-44-37-63(65)64(44,39-41)40-45/h1-33,36,38,41,44-45,63H,34-35,37,39-40H2. The van der Waals surface area contributed by atoms with Crippen molar-refractivity contribution in [3.05, 3.63) is 223 Å². The van der Waals surface area contributed by atoms with Crippen molar-refractivity contribution < 1.29 is 0 Å². The molecule has 0 saturated heterocycles. The maximum Gasteiger partial charge on any atom is 0.0561 e. The Labute approximate surface area is 396 Å². The monoisotopic (exact) mass is 871 g/mol. The van der Waals surface area contributed by atoms with Crippen LogP contribution in [0.3, 0.4) is 0 Å². The molecule has 68 heavy (non-hydrogen) atoms. The lowest BCUT2D eigenvalue weighted by atomic mass is 9.49. The van der Waals surface area contributed by atoms with Crippen LogP contribution in [0.2, 0.25) is 0 Å². The summed E-state index contributed by atoms with van der Waals surface area (Å²) in [5, 5.41) is 5.04. The summed E-state index contributed by atoms with van der Waals surface area (Å²) in [6.07, 6.45) is 7.31. The highest BCUT2D eigenvalue weighted by molar-refractivity contribution is 6.11. The molecule has 6 atom stereocenters. The Morgan fingerprint density at radius 1 is 0.382 bits per heavy atom. The van der Waals surface area contributed by atoms with Crippen LogP contribution in [0, 0.1) is 29.1 Å². The molecule has 2 heterocycles. The van der Waals surface area contributed by atoms with Crippen LogP contribution in [0.25, 0.3) is 77.2 Å². The SMILES string of the molecule is c1ccc(-n2c3ccccc3c3ccc(N(c4ccc(-c5ccc6c(c5)-c5ccccc5C65C6CC7CC8CC5C8(C7)C6)cc4)c4ccc(-n5c6ccccc6c6ccccc65)cc4)cc32)cc1. The van der Waals surface area contributed by atoms with Gasteiger partial charge in [0.25, 0.3) is 0 Å². The fourth-order valence-electron chi connectivity index (χ4n) is 15.8. The lowest BCUT2D eigenvalue weighted by Crippen LogP contribution is -2.50. The molecule has 3 heteroatoms. The first kappa shape index (κ1) is 37.5. The van der Waals surface area contributed by atoms with Gasteiger partial charge in [-0.25, -0.2) is 0 Å². The Morgan fingerprint density at radius 2 is 0.926 bits per heavy atom. The quantitative estimate of drug-likeness (QED) is 0.162. The number of benzene rings is 9. The molecular formula is C65H49N3. The van der Waals surface area contributed by atoms with Gasteiger partial charge in [-0.1, -0.05) is 127 Å². The van der Waals surface area contributed by atoms with Crippen molar-refractivity contribution in [3.8, 4) is 33.6 Å². The maximum absolute atomic E-state index is 2.57. The van der Waals surface area contributed by atoms with Crippen molar-refractivity contribution in [1.82, 2.24) is 9.13 Å². The number of rotatable bonds is 6. The van der Waals surface area contributed by atoms with Crippen molar-refractivity contribution in [1.29, 1.82) is 0 Å². The van der Waals surface area contributed by atoms with E-state index >= 15 is 0 Å². The normalized spacial score (nSPS) is 23.7. The Balaban J connectivity index is 0.830. The molecule has 11 aromatic rings. The average molecular weight is 872 g/mol. The first-order chi connectivity index (χ1) is 33.7. The number of hydrogen-bond donors (Lipinski definition) is 0. The number of anilines is 3. The average Bonchev–Trinajstić information content (AvgIpc) is 4.10. The lowest BCUT2D eigenvalue weighted by molar-refractivity contribution is -0.0193. The minimum absolute atomic E-state index is 0.199. The molecule has 0 aliphatic heterocycles. The van der Waals surface area contributed by atoms with Gasteiger partial charge in [0.15, 0.2) is 0 Å². The predicted molar refractivity (Wildman–Crippen MR) is 281 cm³/mol. The molecule has 6 unspecified atom stereocenters. The molecule has 0 N–H and O–H groups in total. The number of aromatic nitrogens is 2. The molecular weight excluding hydrogens is 823 g/mol. The van der Waals surface area contributed by atoms with Crippen molar-refractivity contribution in [3.63, 3.8) is 0 Å². The van der Waals surface area contributed by atoms with Gasteiger partial charge in [-0.05, 0) is 180 Å². The zero-order valence-electron chi connectivity index (χ0n) is 37.9. The summed E-state index contributed by atoms with van der Waals surface area (Å²) in [5.41, 5.74) is 20.1. The highest BCUT2D eigenvalue weighted by atomic mass is 15.1. The number of fused-ring (bicyclic) bond motifs is 15. The largest absolute Gasteiger partial charge is 0.310 e. The molecule has 5 aliphatic rings. The van der Waals surface area contributed by atoms with Crippen molar-refractivity contribution in [2.45, 2.75) is 37.5 Å². The van der Waals surface area contributed by atoms with Gasteiger partial charge in [-0.3, -0.25) is 0 Å². The molecule has 0 amide bonds. The van der Waals surface area contributed by atoms with E-state index in [-0.39, 0.29) is 5.41 Å².